The molecule has 2 aliphatic heterocycles. The molecule has 0 fully saturated rings. The number of rotatable bonds is 3. The van der Waals surface area contributed by atoms with Crippen molar-refractivity contribution in [3.63, 3.8) is 0 Å². The molecule has 0 spiro atoms. The number of fused-ring (bicyclic) bond motifs is 2. The number of nitrogens with one attached hydrogen (secondary N) is 1. The van der Waals surface area contributed by atoms with Crippen LogP contribution in [0.2, 0.25) is 0 Å². The molecule has 2 aromatic rings. The molecular formula is C19H13BrN2O5. The largest absolute Gasteiger partial charge is 0.425 e. The molecule has 27 heavy (non-hydrogen) atoms. The lowest BCUT2D eigenvalue weighted by atomic mass is 10.0. The number of imide groups is 1. The molecule has 0 unspecified atom stereocenters. The first-order chi connectivity index (χ1) is 12.9. The molecule has 7 nitrogen and oxygen atoms in total. The van der Waals surface area contributed by atoms with Gasteiger partial charge in [0.1, 0.15) is 12.3 Å². The van der Waals surface area contributed by atoms with Crippen LogP contribution in [0.1, 0.15) is 32.7 Å². The van der Waals surface area contributed by atoms with Crippen LogP contribution in [0.15, 0.2) is 40.9 Å². The average Bonchev–Trinajstić information content (AvgIpc) is 2.86. The van der Waals surface area contributed by atoms with Crippen LogP contribution >= 0.6 is 15.9 Å². The van der Waals surface area contributed by atoms with Crippen molar-refractivity contribution >= 4 is 45.3 Å². The lowest BCUT2D eigenvalue weighted by molar-refractivity contribution is -0.134. The van der Waals surface area contributed by atoms with E-state index < -0.39 is 24.3 Å². The van der Waals surface area contributed by atoms with Crippen molar-refractivity contribution in [3.8, 4) is 5.75 Å². The standard InChI is InChI=1S/C19H13BrN2O5/c20-11-2-4-13-14(8-11)19(26)22(18(13)25)9-17(24)27-12-3-5-15-10(7-12)1-6-16(23)21-15/h2-5,7-8H,1,6,9H2,(H,21,23). The van der Waals surface area contributed by atoms with E-state index in [1.54, 1.807) is 36.4 Å². The van der Waals surface area contributed by atoms with Crippen molar-refractivity contribution in [1.29, 1.82) is 0 Å². The zero-order chi connectivity index (χ0) is 19.1. The highest BCUT2D eigenvalue weighted by molar-refractivity contribution is 9.10. The lowest BCUT2D eigenvalue weighted by Gasteiger charge is -2.18. The molecule has 2 aromatic carbocycles. The molecular weight excluding hydrogens is 416 g/mol. The van der Waals surface area contributed by atoms with Gasteiger partial charge >= 0.3 is 5.97 Å². The van der Waals surface area contributed by atoms with E-state index in [9.17, 15) is 19.2 Å². The van der Waals surface area contributed by atoms with E-state index in [1.165, 1.54) is 0 Å². The second kappa shape index (κ2) is 6.62. The maximum atomic E-state index is 12.4. The lowest BCUT2D eigenvalue weighted by Crippen LogP contribution is -2.36. The van der Waals surface area contributed by atoms with Crippen LogP contribution in [-0.4, -0.2) is 35.1 Å². The summed E-state index contributed by atoms with van der Waals surface area (Å²) in [5, 5.41) is 2.74. The fourth-order valence-corrected chi connectivity index (χ4v) is 3.48. The summed E-state index contributed by atoms with van der Waals surface area (Å²) < 4.78 is 5.96. The first-order valence-corrected chi connectivity index (χ1v) is 9.01. The minimum atomic E-state index is -0.719. The Hall–Kier alpha value is -3.00. The fraction of sp³-hybridized carbons (Fsp3) is 0.158. The Balaban J connectivity index is 1.47. The fourth-order valence-electron chi connectivity index (χ4n) is 3.12. The van der Waals surface area contributed by atoms with Gasteiger partial charge in [-0.05, 0) is 48.4 Å². The van der Waals surface area contributed by atoms with Gasteiger partial charge in [0, 0.05) is 16.6 Å². The van der Waals surface area contributed by atoms with Crippen molar-refractivity contribution < 1.29 is 23.9 Å². The van der Waals surface area contributed by atoms with E-state index in [0.717, 1.165) is 10.5 Å². The maximum absolute atomic E-state index is 12.4. The number of benzene rings is 2. The van der Waals surface area contributed by atoms with Crippen LogP contribution in [0.4, 0.5) is 5.69 Å². The quantitative estimate of drug-likeness (QED) is 0.460. The summed E-state index contributed by atoms with van der Waals surface area (Å²) in [5.74, 6) is -1.52. The third-order valence-electron chi connectivity index (χ3n) is 4.42. The summed E-state index contributed by atoms with van der Waals surface area (Å²) in [6.45, 7) is -0.474. The Bertz CT molecular complexity index is 1020. The summed E-state index contributed by atoms with van der Waals surface area (Å²) in [4.78, 5) is 49.3. The van der Waals surface area contributed by atoms with Gasteiger partial charge in [-0.15, -0.1) is 0 Å². The molecule has 0 aliphatic carbocycles. The SMILES string of the molecule is O=C1CCc2cc(OC(=O)CN3C(=O)c4ccc(Br)cc4C3=O)ccc2N1. The normalized spacial score (nSPS) is 15.3. The third-order valence-corrected chi connectivity index (χ3v) is 4.92. The van der Waals surface area contributed by atoms with Gasteiger partial charge in [-0.3, -0.25) is 19.3 Å². The maximum Gasteiger partial charge on any atom is 0.331 e. The number of esters is 1. The number of halogens is 1. The van der Waals surface area contributed by atoms with E-state index in [2.05, 4.69) is 21.2 Å². The highest BCUT2D eigenvalue weighted by Crippen LogP contribution is 2.28. The summed E-state index contributed by atoms with van der Waals surface area (Å²) in [5.41, 5.74) is 2.08. The van der Waals surface area contributed by atoms with Crippen molar-refractivity contribution in [2.24, 2.45) is 0 Å². The number of ether oxygens (including phenoxy) is 1. The summed E-state index contributed by atoms with van der Waals surface area (Å²) >= 11 is 3.26. The van der Waals surface area contributed by atoms with Crippen LogP contribution in [-0.2, 0) is 16.0 Å². The first-order valence-electron chi connectivity index (χ1n) is 8.21. The molecule has 0 atom stereocenters. The second-order valence-corrected chi connectivity index (χ2v) is 7.14. The van der Waals surface area contributed by atoms with E-state index in [0.29, 0.717) is 28.8 Å². The van der Waals surface area contributed by atoms with E-state index in [1.807, 2.05) is 0 Å². The number of nitrogens with zero attached hydrogens (tertiary/aromatic N) is 1. The summed E-state index contributed by atoms with van der Waals surface area (Å²) in [7, 11) is 0. The molecule has 8 heteroatoms. The van der Waals surface area contributed by atoms with Crippen LogP contribution in [0.5, 0.6) is 5.75 Å². The van der Waals surface area contributed by atoms with E-state index in [4.69, 9.17) is 4.74 Å². The van der Waals surface area contributed by atoms with Crippen molar-refractivity contribution in [2.45, 2.75) is 12.8 Å². The van der Waals surface area contributed by atoms with Crippen LogP contribution in [0.25, 0.3) is 0 Å². The topological polar surface area (TPSA) is 92.8 Å². The highest BCUT2D eigenvalue weighted by Gasteiger charge is 2.37. The van der Waals surface area contributed by atoms with E-state index >= 15 is 0 Å². The Kier molecular flexibility index (Phi) is 4.27. The zero-order valence-corrected chi connectivity index (χ0v) is 15.5. The Labute approximate surface area is 162 Å². The van der Waals surface area contributed by atoms with Crippen LogP contribution in [0, 0.1) is 0 Å². The minimum absolute atomic E-state index is 0.0514. The van der Waals surface area contributed by atoms with Crippen LogP contribution < -0.4 is 10.1 Å². The molecule has 0 saturated carbocycles. The molecule has 3 amide bonds. The molecule has 2 heterocycles. The smallest absolute Gasteiger partial charge is 0.331 e. The summed E-state index contributed by atoms with van der Waals surface area (Å²) in [6.07, 6.45) is 0.925. The number of anilines is 1. The van der Waals surface area contributed by atoms with Gasteiger partial charge in [-0.1, -0.05) is 15.9 Å². The van der Waals surface area contributed by atoms with Gasteiger partial charge in [0.15, 0.2) is 0 Å². The van der Waals surface area contributed by atoms with Crippen molar-refractivity contribution in [2.75, 3.05) is 11.9 Å². The predicted octanol–water partition coefficient (Wildman–Crippen LogP) is 2.54. The highest BCUT2D eigenvalue weighted by atomic mass is 79.9. The second-order valence-electron chi connectivity index (χ2n) is 6.23. The first kappa shape index (κ1) is 17.4. The van der Waals surface area contributed by atoms with Crippen molar-refractivity contribution in [1.82, 2.24) is 4.90 Å². The van der Waals surface area contributed by atoms with Crippen molar-refractivity contribution in [3.05, 3.63) is 57.6 Å². The molecule has 0 bridgehead atoms. The third kappa shape index (κ3) is 3.23. The average molecular weight is 429 g/mol. The van der Waals surface area contributed by atoms with Gasteiger partial charge < -0.3 is 10.1 Å². The molecule has 0 radical (unpaired) electrons. The minimum Gasteiger partial charge on any atom is -0.425 e. The Morgan fingerprint density at radius 1 is 1.04 bits per heavy atom. The monoisotopic (exact) mass is 428 g/mol. The molecule has 0 saturated heterocycles. The molecule has 0 aromatic heterocycles. The van der Waals surface area contributed by atoms with Gasteiger partial charge in [-0.25, -0.2) is 4.79 Å². The number of hydrogen-bond acceptors (Lipinski definition) is 5. The zero-order valence-electron chi connectivity index (χ0n) is 14.0. The number of hydrogen-bond donors (Lipinski definition) is 1. The Morgan fingerprint density at radius 2 is 1.81 bits per heavy atom. The molecule has 136 valence electrons. The van der Waals surface area contributed by atoms with Gasteiger partial charge in [0.2, 0.25) is 5.91 Å². The Morgan fingerprint density at radius 3 is 2.63 bits per heavy atom. The van der Waals surface area contributed by atoms with Gasteiger partial charge in [0.25, 0.3) is 11.8 Å². The van der Waals surface area contributed by atoms with E-state index in [-0.39, 0.29) is 17.0 Å². The van der Waals surface area contributed by atoms with Crippen LogP contribution in [0.3, 0.4) is 0 Å². The summed E-state index contributed by atoms with van der Waals surface area (Å²) in [6, 6.07) is 9.65. The van der Waals surface area contributed by atoms with Gasteiger partial charge in [-0.2, -0.15) is 0 Å². The molecule has 1 N–H and O–H groups in total. The molecule has 2 aliphatic rings. The number of amides is 3. The van der Waals surface area contributed by atoms with Gasteiger partial charge in [0.05, 0.1) is 11.1 Å². The number of carbonyl (C=O) groups is 4. The number of aryl methyl sites for hydroxylation is 1. The molecule has 4 rings (SSSR count). The predicted molar refractivity (Wildman–Crippen MR) is 98.5 cm³/mol. The number of carbonyl (C=O) groups excluding carboxylic acids is 4.